The first-order valence-electron chi connectivity index (χ1n) is 5.92. The predicted molar refractivity (Wildman–Crippen MR) is 62.5 cm³/mol. The average molecular weight is 224 g/mol. The van der Waals surface area contributed by atoms with Gasteiger partial charge in [0.15, 0.2) is 0 Å². The van der Waals surface area contributed by atoms with Gasteiger partial charge in [-0.2, -0.15) is 0 Å². The van der Waals surface area contributed by atoms with Gasteiger partial charge in [-0.3, -0.25) is 0 Å². The molecule has 0 amide bonds. The summed E-state index contributed by atoms with van der Waals surface area (Å²) in [4.78, 5) is 0. The minimum absolute atomic E-state index is 0.299. The Morgan fingerprint density at radius 1 is 1.62 bits per heavy atom. The van der Waals surface area contributed by atoms with Crippen LogP contribution in [0.25, 0.3) is 0 Å². The molecule has 0 radical (unpaired) electrons. The highest BCUT2D eigenvalue weighted by Crippen LogP contribution is 2.04. The van der Waals surface area contributed by atoms with Crippen LogP contribution in [0.1, 0.15) is 12.7 Å². The summed E-state index contributed by atoms with van der Waals surface area (Å²) in [6.45, 7) is 5.80. The van der Waals surface area contributed by atoms with Crippen molar-refractivity contribution in [3.8, 4) is 0 Å². The van der Waals surface area contributed by atoms with Gasteiger partial charge in [0, 0.05) is 32.1 Å². The van der Waals surface area contributed by atoms with E-state index in [4.69, 9.17) is 9.15 Å². The molecule has 2 atom stereocenters. The van der Waals surface area contributed by atoms with E-state index in [-0.39, 0.29) is 0 Å². The molecular weight excluding hydrogens is 204 g/mol. The van der Waals surface area contributed by atoms with Crippen molar-refractivity contribution in [2.45, 2.75) is 25.5 Å². The lowest BCUT2D eigenvalue weighted by atomic mass is 10.2. The first kappa shape index (κ1) is 11.6. The number of morpholine rings is 1. The first-order valence-corrected chi connectivity index (χ1v) is 5.92. The molecule has 0 spiro atoms. The maximum absolute atomic E-state index is 5.62. The monoisotopic (exact) mass is 224 g/mol. The summed E-state index contributed by atoms with van der Waals surface area (Å²) in [7, 11) is 0. The Morgan fingerprint density at radius 2 is 2.56 bits per heavy atom. The van der Waals surface area contributed by atoms with Gasteiger partial charge in [-0.05, 0) is 19.1 Å². The SMILES string of the molecule is CC(Cc1ccco1)NCC1CNCCO1. The highest BCUT2D eigenvalue weighted by Gasteiger charge is 2.14. The number of ether oxygens (including phenoxy) is 1. The fraction of sp³-hybridized carbons (Fsp3) is 0.667. The zero-order valence-corrected chi connectivity index (χ0v) is 9.74. The van der Waals surface area contributed by atoms with E-state index in [0.717, 1.165) is 38.4 Å². The second-order valence-corrected chi connectivity index (χ2v) is 4.29. The maximum Gasteiger partial charge on any atom is 0.105 e. The molecule has 0 aromatic carbocycles. The normalized spacial score (nSPS) is 23.2. The van der Waals surface area contributed by atoms with Crippen LogP contribution in [-0.2, 0) is 11.2 Å². The summed E-state index contributed by atoms with van der Waals surface area (Å²) in [5.41, 5.74) is 0. The topological polar surface area (TPSA) is 46.4 Å². The van der Waals surface area contributed by atoms with Gasteiger partial charge in [0.2, 0.25) is 0 Å². The van der Waals surface area contributed by atoms with Crippen molar-refractivity contribution in [1.29, 1.82) is 0 Å². The molecule has 0 aliphatic carbocycles. The minimum atomic E-state index is 0.299. The molecule has 1 aromatic heterocycles. The highest BCUT2D eigenvalue weighted by atomic mass is 16.5. The van der Waals surface area contributed by atoms with Crippen LogP contribution in [0.3, 0.4) is 0 Å². The smallest absolute Gasteiger partial charge is 0.105 e. The number of rotatable bonds is 5. The fourth-order valence-electron chi connectivity index (χ4n) is 1.89. The Balaban J connectivity index is 1.65. The third-order valence-corrected chi connectivity index (χ3v) is 2.79. The van der Waals surface area contributed by atoms with Crippen LogP contribution < -0.4 is 10.6 Å². The molecule has 1 saturated heterocycles. The lowest BCUT2D eigenvalue weighted by molar-refractivity contribution is 0.0278. The van der Waals surface area contributed by atoms with Crippen LogP contribution in [0.2, 0.25) is 0 Å². The van der Waals surface area contributed by atoms with Gasteiger partial charge >= 0.3 is 0 Å². The Kier molecular flexibility index (Phi) is 4.39. The van der Waals surface area contributed by atoms with Crippen molar-refractivity contribution in [2.24, 2.45) is 0 Å². The molecule has 2 heterocycles. The first-order chi connectivity index (χ1) is 7.84. The highest BCUT2D eigenvalue weighted by molar-refractivity contribution is 4.99. The number of furan rings is 1. The average Bonchev–Trinajstić information content (AvgIpc) is 2.81. The summed E-state index contributed by atoms with van der Waals surface area (Å²) in [5, 5.41) is 6.79. The second kappa shape index (κ2) is 6.03. The lowest BCUT2D eigenvalue weighted by Gasteiger charge is -2.25. The summed E-state index contributed by atoms with van der Waals surface area (Å²) in [6, 6.07) is 4.35. The van der Waals surface area contributed by atoms with E-state index in [0.29, 0.717) is 12.1 Å². The zero-order valence-electron chi connectivity index (χ0n) is 9.74. The number of hydrogen-bond acceptors (Lipinski definition) is 4. The second-order valence-electron chi connectivity index (χ2n) is 4.29. The maximum atomic E-state index is 5.62. The Labute approximate surface area is 96.4 Å². The largest absolute Gasteiger partial charge is 0.469 e. The van der Waals surface area contributed by atoms with Gasteiger partial charge in [0.25, 0.3) is 0 Å². The molecule has 1 aliphatic rings. The molecule has 1 fully saturated rings. The molecule has 90 valence electrons. The molecular formula is C12H20N2O2. The van der Waals surface area contributed by atoms with E-state index >= 15 is 0 Å². The molecule has 0 saturated carbocycles. The van der Waals surface area contributed by atoms with Gasteiger partial charge in [-0.1, -0.05) is 0 Å². The zero-order chi connectivity index (χ0) is 11.2. The molecule has 1 aliphatic heterocycles. The van der Waals surface area contributed by atoms with Crippen molar-refractivity contribution in [2.75, 3.05) is 26.2 Å². The van der Waals surface area contributed by atoms with E-state index in [1.54, 1.807) is 6.26 Å². The molecule has 2 unspecified atom stereocenters. The molecule has 4 nitrogen and oxygen atoms in total. The van der Waals surface area contributed by atoms with E-state index < -0.39 is 0 Å². The quantitative estimate of drug-likeness (QED) is 0.776. The minimum Gasteiger partial charge on any atom is -0.469 e. The van der Waals surface area contributed by atoms with Gasteiger partial charge in [0.05, 0.1) is 19.0 Å². The summed E-state index contributed by atoms with van der Waals surface area (Å²) in [5.74, 6) is 1.03. The predicted octanol–water partition coefficient (Wildman–Crippen LogP) is 0.789. The van der Waals surface area contributed by atoms with Crippen LogP contribution in [-0.4, -0.2) is 38.4 Å². The van der Waals surface area contributed by atoms with Crippen molar-refractivity contribution in [3.63, 3.8) is 0 Å². The molecule has 16 heavy (non-hydrogen) atoms. The summed E-state index contributed by atoms with van der Waals surface area (Å²) in [6.07, 6.45) is 2.94. The van der Waals surface area contributed by atoms with Crippen molar-refractivity contribution in [3.05, 3.63) is 24.2 Å². The molecule has 1 aromatic rings. The standard InChI is InChI=1S/C12H20N2O2/c1-10(7-11-3-2-5-15-11)14-9-12-8-13-4-6-16-12/h2-3,5,10,12-14H,4,6-9H2,1H3. The summed E-state index contributed by atoms with van der Waals surface area (Å²) < 4.78 is 10.9. The lowest BCUT2D eigenvalue weighted by Crippen LogP contribution is -2.45. The van der Waals surface area contributed by atoms with Gasteiger partial charge in [-0.15, -0.1) is 0 Å². The van der Waals surface area contributed by atoms with Gasteiger partial charge in [-0.25, -0.2) is 0 Å². The number of nitrogens with one attached hydrogen (secondary N) is 2. The van der Waals surface area contributed by atoms with E-state index in [2.05, 4.69) is 17.6 Å². The van der Waals surface area contributed by atoms with Crippen molar-refractivity contribution >= 4 is 0 Å². The Hall–Kier alpha value is -0.840. The number of hydrogen-bond donors (Lipinski definition) is 2. The van der Waals surface area contributed by atoms with Crippen molar-refractivity contribution < 1.29 is 9.15 Å². The van der Waals surface area contributed by atoms with Crippen LogP contribution in [0.5, 0.6) is 0 Å². The van der Waals surface area contributed by atoms with E-state index in [1.165, 1.54) is 0 Å². The van der Waals surface area contributed by atoms with Crippen molar-refractivity contribution in [1.82, 2.24) is 10.6 Å². The van der Waals surface area contributed by atoms with Gasteiger partial charge < -0.3 is 19.8 Å². The third kappa shape index (κ3) is 3.63. The van der Waals surface area contributed by atoms with Gasteiger partial charge in [0.1, 0.15) is 5.76 Å². The van der Waals surface area contributed by atoms with Crippen LogP contribution >= 0.6 is 0 Å². The molecule has 4 heteroatoms. The van der Waals surface area contributed by atoms with E-state index in [1.807, 2.05) is 12.1 Å². The fourth-order valence-corrected chi connectivity index (χ4v) is 1.89. The third-order valence-electron chi connectivity index (χ3n) is 2.79. The summed E-state index contributed by atoms with van der Waals surface area (Å²) >= 11 is 0. The van der Waals surface area contributed by atoms with Crippen LogP contribution in [0.4, 0.5) is 0 Å². The molecule has 0 bridgehead atoms. The van der Waals surface area contributed by atoms with E-state index in [9.17, 15) is 0 Å². The van der Waals surface area contributed by atoms with Crippen LogP contribution in [0.15, 0.2) is 22.8 Å². The Morgan fingerprint density at radius 3 is 3.25 bits per heavy atom. The van der Waals surface area contributed by atoms with Crippen LogP contribution in [0, 0.1) is 0 Å². The Bertz CT molecular complexity index is 281. The molecule has 2 rings (SSSR count). The molecule has 2 N–H and O–H groups in total.